The zero-order chi connectivity index (χ0) is 18.5. The summed E-state index contributed by atoms with van der Waals surface area (Å²) in [6.07, 6.45) is 1.81. The van der Waals surface area contributed by atoms with E-state index in [4.69, 9.17) is 21.7 Å². The molecular formula is C19H16BrNO3S2. The molecule has 1 aliphatic heterocycles. The molecule has 1 saturated heterocycles. The van der Waals surface area contributed by atoms with Crippen molar-refractivity contribution in [2.75, 3.05) is 20.3 Å². The maximum Gasteiger partial charge on any atom is 0.265 e. The van der Waals surface area contributed by atoms with Crippen molar-refractivity contribution in [3.63, 3.8) is 0 Å². The number of carbonyl (C=O) groups is 1. The average Bonchev–Trinajstić information content (AvgIpc) is 2.88. The van der Waals surface area contributed by atoms with E-state index in [0.717, 1.165) is 15.8 Å². The molecule has 1 aliphatic rings. The molecule has 0 unspecified atom stereocenters. The fourth-order valence-electron chi connectivity index (χ4n) is 2.26. The van der Waals surface area contributed by atoms with Crippen LogP contribution >= 0.6 is 39.9 Å². The lowest BCUT2D eigenvalue weighted by Gasteiger charge is -2.11. The molecule has 26 heavy (non-hydrogen) atoms. The van der Waals surface area contributed by atoms with E-state index in [1.54, 1.807) is 7.05 Å². The first-order valence-corrected chi connectivity index (χ1v) is 9.88. The van der Waals surface area contributed by atoms with Crippen LogP contribution in [0.5, 0.6) is 11.5 Å². The predicted octanol–water partition coefficient (Wildman–Crippen LogP) is 4.74. The number of amides is 1. The van der Waals surface area contributed by atoms with Crippen molar-refractivity contribution < 1.29 is 14.3 Å². The Hall–Kier alpha value is -1.83. The Morgan fingerprint density at radius 3 is 2.50 bits per heavy atom. The van der Waals surface area contributed by atoms with E-state index in [1.807, 2.05) is 54.6 Å². The van der Waals surface area contributed by atoms with Gasteiger partial charge in [0.1, 0.15) is 29.0 Å². The number of benzene rings is 2. The molecular weight excluding hydrogens is 434 g/mol. The molecule has 0 spiro atoms. The number of thiocarbonyl (C=S) groups is 1. The fourth-order valence-corrected chi connectivity index (χ4v) is 3.69. The lowest BCUT2D eigenvalue weighted by Crippen LogP contribution is -2.22. The van der Waals surface area contributed by atoms with E-state index in [9.17, 15) is 4.79 Å². The third kappa shape index (κ3) is 4.66. The number of para-hydroxylation sites is 1. The molecule has 3 rings (SSSR count). The van der Waals surface area contributed by atoms with Gasteiger partial charge in [-0.2, -0.15) is 0 Å². The van der Waals surface area contributed by atoms with Crippen LogP contribution in [-0.4, -0.2) is 35.4 Å². The highest BCUT2D eigenvalue weighted by Crippen LogP contribution is 2.33. The Morgan fingerprint density at radius 1 is 1.12 bits per heavy atom. The summed E-state index contributed by atoms with van der Waals surface area (Å²) in [6, 6.07) is 15.2. The maximum absolute atomic E-state index is 12.2. The Kier molecular flexibility index (Phi) is 6.34. The van der Waals surface area contributed by atoms with Crippen molar-refractivity contribution in [3.05, 3.63) is 63.5 Å². The van der Waals surface area contributed by atoms with Gasteiger partial charge in [0.2, 0.25) is 0 Å². The molecule has 0 N–H and O–H groups in total. The minimum atomic E-state index is -0.0895. The summed E-state index contributed by atoms with van der Waals surface area (Å²) < 4.78 is 13.1. The second-order valence-electron chi connectivity index (χ2n) is 5.43. The van der Waals surface area contributed by atoms with E-state index in [1.165, 1.54) is 16.7 Å². The van der Waals surface area contributed by atoms with Crippen LogP contribution in [0.3, 0.4) is 0 Å². The Morgan fingerprint density at radius 2 is 1.81 bits per heavy atom. The number of likely N-dealkylation sites (N-methyl/N-ethyl adjacent to an activating group) is 1. The molecule has 1 heterocycles. The monoisotopic (exact) mass is 449 g/mol. The van der Waals surface area contributed by atoms with Crippen LogP contribution in [0, 0.1) is 0 Å². The largest absolute Gasteiger partial charge is 0.490 e. The number of carbonyl (C=O) groups excluding carboxylic acids is 1. The zero-order valence-electron chi connectivity index (χ0n) is 14.0. The first kappa shape index (κ1) is 18.9. The lowest BCUT2D eigenvalue weighted by atomic mass is 10.2. The molecule has 4 nitrogen and oxygen atoms in total. The van der Waals surface area contributed by atoms with Crippen molar-refractivity contribution >= 4 is 56.2 Å². The number of hydrogen-bond acceptors (Lipinski definition) is 5. The molecule has 0 saturated carbocycles. The van der Waals surface area contributed by atoms with Crippen LogP contribution in [-0.2, 0) is 4.79 Å². The highest BCUT2D eigenvalue weighted by Gasteiger charge is 2.28. The van der Waals surface area contributed by atoms with Crippen LogP contribution in [0.4, 0.5) is 0 Å². The molecule has 1 amide bonds. The summed E-state index contributed by atoms with van der Waals surface area (Å²) in [5, 5.41) is 0. The first-order valence-electron chi connectivity index (χ1n) is 7.86. The molecule has 134 valence electrons. The van der Waals surface area contributed by atoms with Gasteiger partial charge in [-0.3, -0.25) is 9.69 Å². The molecule has 0 atom stereocenters. The van der Waals surface area contributed by atoms with Gasteiger partial charge >= 0.3 is 0 Å². The van der Waals surface area contributed by atoms with E-state index in [2.05, 4.69) is 15.9 Å². The van der Waals surface area contributed by atoms with E-state index in [0.29, 0.717) is 28.2 Å². The van der Waals surface area contributed by atoms with Gasteiger partial charge in [-0.05, 0) is 36.4 Å². The minimum Gasteiger partial charge on any atom is -0.490 e. The third-order valence-electron chi connectivity index (χ3n) is 3.62. The maximum atomic E-state index is 12.2. The molecule has 0 aromatic heterocycles. The van der Waals surface area contributed by atoms with Crippen LogP contribution in [0.15, 0.2) is 57.9 Å². The second-order valence-corrected chi connectivity index (χ2v) is 8.02. The molecule has 0 radical (unpaired) electrons. The summed E-state index contributed by atoms with van der Waals surface area (Å²) >= 11 is 9.85. The highest BCUT2D eigenvalue weighted by atomic mass is 79.9. The van der Waals surface area contributed by atoms with Gasteiger partial charge < -0.3 is 9.47 Å². The number of rotatable bonds is 6. The van der Waals surface area contributed by atoms with Crippen molar-refractivity contribution in [1.82, 2.24) is 4.90 Å². The quantitative estimate of drug-likeness (QED) is 0.361. The summed E-state index contributed by atoms with van der Waals surface area (Å²) in [7, 11) is 1.68. The van der Waals surface area contributed by atoms with E-state index in [-0.39, 0.29) is 5.91 Å². The molecule has 1 fully saturated rings. The van der Waals surface area contributed by atoms with Gasteiger partial charge in [0.05, 0.1) is 4.91 Å². The molecule has 0 aliphatic carbocycles. The Balaban J connectivity index is 1.62. The van der Waals surface area contributed by atoms with Crippen LogP contribution in [0.25, 0.3) is 6.08 Å². The summed E-state index contributed by atoms with van der Waals surface area (Å²) in [6.45, 7) is 0.822. The number of thioether (sulfide) groups is 1. The summed E-state index contributed by atoms with van der Waals surface area (Å²) in [5.74, 6) is 1.40. The topological polar surface area (TPSA) is 38.8 Å². The van der Waals surface area contributed by atoms with Crippen molar-refractivity contribution in [2.45, 2.75) is 0 Å². The SMILES string of the molecule is CN1C(=O)/C(=C/c2ccccc2OCCOc2ccc(Br)cc2)SC1=S. The number of nitrogens with zero attached hydrogens (tertiary/aromatic N) is 1. The van der Waals surface area contributed by atoms with Crippen LogP contribution in [0.1, 0.15) is 5.56 Å². The predicted molar refractivity (Wildman–Crippen MR) is 113 cm³/mol. The van der Waals surface area contributed by atoms with Crippen molar-refractivity contribution in [1.29, 1.82) is 0 Å². The number of ether oxygens (including phenoxy) is 2. The van der Waals surface area contributed by atoms with Gasteiger partial charge in [0.15, 0.2) is 0 Å². The lowest BCUT2D eigenvalue weighted by molar-refractivity contribution is -0.121. The van der Waals surface area contributed by atoms with Crippen LogP contribution < -0.4 is 9.47 Å². The molecule has 2 aromatic rings. The Labute approximate surface area is 170 Å². The molecule has 0 bridgehead atoms. The Bertz CT molecular complexity index is 852. The van der Waals surface area contributed by atoms with Gasteiger partial charge in [0.25, 0.3) is 5.91 Å². The van der Waals surface area contributed by atoms with Gasteiger partial charge in [-0.1, -0.05) is 58.1 Å². The average molecular weight is 450 g/mol. The van der Waals surface area contributed by atoms with E-state index >= 15 is 0 Å². The summed E-state index contributed by atoms with van der Waals surface area (Å²) in [4.78, 5) is 14.2. The molecule has 7 heteroatoms. The van der Waals surface area contributed by atoms with Gasteiger partial charge in [-0.25, -0.2) is 0 Å². The zero-order valence-corrected chi connectivity index (χ0v) is 17.2. The first-order chi connectivity index (χ1) is 12.5. The summed E-state index contributed by atoms with van der Waals surface area (Å²) in [5.41, 5.74) is 0.838. The number of hydrogen-bond donors (Lipinski definition) is 0. The fraction of sp³-hybridized carbons (Fsp3) is 0.158. The second kappa shape index (κ2) is 8.70. The van der Waals surface area contributed by atoms with Crippen molar-refractivity contribution in [2.24, 2.45) is 0 Å². The van der Waals surface area contributed by atoms with E-state index < -0.39 is 0 Å². The minimum absolute atomic E-state index is 0.0895. The molecule has 2 aromatic carbocycles. The van der Waals surface area contributed by atoms with Crippen molar-refractivity contribution in [3.8, 4) is 11.5 Å². The number of halogens is 1. The highest BCUT2D eigenvalue weighted by molar-refractivity contribution is 9.10. The smallest absolute Gasteiger partial charge is 0.265 e. The standard InChI is InChI=1S/C19H16BrNO3S2/c1-21-18(22)17(26-19(21)25)12-13-4-2-3-5-16(13)24-11-10-23-15-8-6-14(20)7-9-15/h2-9,12H,10-11H2,1H3/b17-12-. The van der Waals surface area contributed by atoms with Gasteiger partial charge in [0, 0.05) is 17.1 Å². The third-order valence-corrected chi connectivity index (χ3v) is 5.63. The van der Waals surface area contributed by atoms with Crippen LogP contribution in [0.2, 0.25) is 0 Å². The van der Waals surface area contributed by atoms with Gasteiger partial charge in [-0.15, -0.1) is 0 Å². The normalized spacial score (nSPS) is 15.6.